The number of benzene rings is 1. The van der Waals surface area contributed by atoms with E-state index in [4.69, 9.17) is 10.5 Å². The van der Waals surface area contributed by atoms with Crippen LogP contribution in [0, 0.1) is 5.92 Å². The number of ether oxygens (including phenoxy) is 1. The van der Waals surface area contributed by atoms with E-state index >= 15 is 0 Å². The van der Waals surface area contributed by atoms with Gasteiger partial charge in [0, 0.05) is 5.69 Å². The maximum atomic E-state index is 11.4. The Morgan fingerprint density at radius 3 is 2.41 bits per heavy atom. The normalized spacial score (nSPS) is 14.1. The summed E-state index contributed by atoms with van der Waals surface area (Å²) in [5, 5.41) is 0. The number of nitrogen functional groups attached to an aromatic ring is 1. The molecule has 0 amide bonds. The van der Waals surface area contributed by atoms with Crippen molar-refractivity contribution in [3.05, 3.63) is 29.8 Å². The Morgan fingerprint density at radius 1 is 1.35 bits per heavy atom. The van der Waals surface area contributed by atoms with E-state index in [1.165, 1.54) is 12.7 Å². The van der Waals surface area contributed by atoms with E-state index in [9.17, 15) is 4.79 Å². The highest BCUT2D eigenvalue weighted by Crippen LogP contribution is 2.28. The lowest BCUT2D eigenvalue weighted by molar-refractivity contribution is -0.145. The lowest BCUT2D eigenvalue weighted by atomic mass is 9.87. The third-order valence-corrected chi connectivity index (χ3v) is 3.14. The average Bonchev–Trinajstić information content (AvgIpc) is 2.35. The maximum Gasteiger partial charge on any atom is 0.308 e. The fourth-order valence-corrected chi connectivity index (χ4v) is 2.03. The lowest BCUT2D eigenvalue weighted by Crippen LogP contribution is -2.16. The molecule has 0 aromatic heterocycles. The predicted molar refractivity (Wildman–Crippen MR) is 69.7 cm³/mol. The Hall–Kier alpha value is -1.51. The van der Waals surface area contributed by atoms with Crippen LogP contribution in [0.2, 0.25) is 0 Å². The van der Waals surface area contributed by atoms with Crippen molar-refractivity contribution in [2.45, 2.75) is 32.6 Å². The van der Waals surface area contributed by atoms with E-state index in [1.807, 2.05) is 31.2 Å². The smallest absolute Gasteiger partial charge is 0.308 e. The summed E-state index contributed by atoms with van der Waals surface area (Å²) in [6.07, 6.45) is 1.82. The zero-order chi connectivity index (χ0) is 12.8. The van der Waals surface area contributed by atoms with Gasteiger partial charge in [-0.15, -0.1) is 0 Å². The van der Waals surface area contributed by atoms with Crippen molar-refractivity contribution in [1.82, 2.24) is 0 Å². The largest absolute Gasteiger partial charge is 0.469 e. The molecular formula is C14H21NO2. The molecule has 0 heterocycles. The van der Waals surface area contributed by atoms with Crippen LogP contribution in [0.4, 0.5) is 5.69 Å². The summed E-state index contributed by atoms with van der Waals surface area (Å²) in [7, 11) is 1.43. The zero-order valence-electron chi connectivity index (χ0n) is 10.8. The van der Waals surface area contributed by atoms with Gasteiger partial charge in [0.2, 0.25) is 0 Å². The Bertz CT molecular complexity index is 359. The van der Waals surface area contributed by atoms with Crippen LogP contribution < -0.4 is 5.73 Å². The number of rotatable bonds is 5. The standard InChI is InChI=1S/C14H21NO2/c1-4-11(9-10(2)14(16)17-3)12-5-7-13(15)8-6-12/h5-8,10-11H,4,9,15H2,1-3H3/t10?,11-/m1/s1. The Balaban J connectivity index is 2.71. The molecule has 0 radical (unpaired) electrons. The topological polar surface area (TPSA) is 52.3 Å². The molecule has 3 nitrogen and oxygen atoms in total. The third-order valence-electron chi connectivity index (χ3n) is 3.14. The quantitative estimate of drug-likeness (QED) is 0.630. The summed E-state index contributed by atoms with van der Waals surface area (Å²) in [4.78, 5) is 11.4. The Kier molecular flexibility index (Phi) is 5.01. The molecule has 1 aromatic rings. The van der Waals surface area contributed by atoms with Gasteiger partial charge in [0.15, 0.2) is 0 Å². The van der Waals surface area contributed by atoms with Crippen LogP contribution in [0.1, 0.15) is 38.2 Å². The molecule has 0 saturated carbocycles. The van der Waals surface area contributed by atoms with E-state index in [0.29, 0.717) is 5.92 Å². The van der Waals surface area contributed by atoms with Crippen LogP contribution in [0.5, 0.6) is 0 Å². The molecule has 2 N–H and O–H groups in total. The second kappa shape index (κ2) is 6.28. The molecule has 0 spiro atoms. The van der Waals surface area contributed by atoms with Crippen LogP contribution >= 0.6 is 0 Å². The summed E-state index contributed by atoms with van der Waals surface area (Å²) >= 11 is 0. The predicted octanol–water partition coefficient (Wildman–Crippen LogP) is 2.96. The molecular weight excluding hydrogens is 214 g/mol. The summed E-state index contributed by atoms with van der Waals surface area (Å²) < 4.78 is 4.75. The Morgan fingerprint density at radius 2 is 1.94 bits per heavy atom. The molecule has 0 aliphatic heterocycles. The lowest BCUT2D eigenvalue weighted by Gasteiger charge is -2.18. The number of methoxy groups -OCH3 is 1. The van der Waals surface area contributed by atoms with Crippen molar-refractivity contribution in [2.24, 2.45) is 5.92 Å². The number of hydrogen-bond donors (Lipinski definition) is 1. The maximum absolute atomic E-state index is 11.4. The van der Waals surface area contributed by atoms with Gasteiger partial charge in [-0.25, -0.2) is 0 Å². The first-order valence-electron chi connectivity index (χ1n) is 6.01. The van der Waals surface area contributed by atoms with Crippen LogP contribution in [0.15, 0.2) is 24.3 Å². The van der Waals surface area contributed by atoms with Crippen molar-refractivity contribution >= 4 is 11.7 Å². The van der Waals surface area contributed by atoms with Crippen LogP contribution in [0.25, 0.3) is 0 Å². The number of esters is 1. The van der Waals surface area contributed by atoms with Gasteiger partial charge < -0.3 is 10.5 Å². The zero-order valence-corrected chi connectivity index (χ0v) is 10.8. The highest BCUT2D eigenvalue weighted by Gasteiger charge is 2.19. The molecule has 3 heteroatoms. The van der Waals surface area contributed by atoms with Crippen LogP contribution in [-0.4, -0.2) is 13.1 Å². The molecule has 0 saturated heterocycles. The molecule has 0 aliphatic rings. The van der Waals surface area contributed by atoms with E-state index in [2.05, 4.69) is 6.92 Å². The fourth-order valence-electron chi connectivity index (χ4n) is 2.03. The molecule has 1 unspecified atom stereocenters. The van der Waals surface area contributed by atoms with Crippen LogP contribution in [-0.2, 0) is 9.53 Å². The van der Waals surface area contributed by atoms with Crippen molar-refractivity contribution in [3.8, 4) is 0 Å². The van der Waals surface area contributed by atoms with Gasteiger partial charge in [-0.05, 0) is 36.5 Å². The number of hydrogen-bond acceptors (Lipinski definition) is 3. The summed E-state index contributed by atoms with van der Waals surface area (Å²) in [5.41, 5.74) is 7.67. The highest BCUT2D eigenvalue weighted by molar-refractivity contribution is 5.71. The minimum Gasteiger partial charge on any atom is -0.469 e. The fraction of sp³-hybridized carbons (Fsp3) is 0.500. The van der Waals surface area contributed by atoms with E-state index in [1.54, 1.807) is 0 Å². The van der Waals surface area contributed by atoms with Gasteiger partial charge in [-0.3, -0.25) is 4.79 Å². The monoisotopic (exact) mass is 235 g/mol. The van der Waals surface area contributed by atoms with E-state index < -0.39 is 0 Å². The van der Waals surface area contributed by atoms with Crippen molar-refractivity contribution in [3.63, 3.8) is 0 Å². The number of carbonyl (C=O) groups is 1. The van der Waals surface area contributed by atoms with E-state index in [0.717, 1.165) is 18.5 Å². The first-order chi connectivity index (χ1) is 8.08. The Labute approximate surface area is 103 Å². The molecule has 1 aromatic carbocycles. The third kappa shape index (κ3) is 3.77. The van der Waals surface area contributed by atoms with Gasteiger partial charge in [-0.2, -0.15) is 0 Å². The van der Waals surface area contributed by atoms with Gasteiger partial charge >= 0.3 is 5.97 Å². The molecule has 0 aliphatic carbocycles. The summed E-state index contributed by atoms with van der Waals surface area (Å²) in [6.45, 7) is 4.04. The van der Waals surface area contributed by atoms with Gasteiger partial charge in [-0.1, -0.05) is 26.0 Å². The number of nitrogens with two attached hydrogens (primary N) is 1. The van der Waals surface area contributed by atoms with Crippen molar-refractivity contribution in [2.75, 3.05) is 12.8 Å². The molecule has 0 fully saturated rings. The second-order valence-corrected chi connectivity index (χ2v) is 4.43. The second-order valence-electron chi connectivity index (χ2n) is 4.43. The molecule has 0 bridgehead atoms. The average molecular weight is 235 g/mol. The summed E-state index contributed by atoms with van der Waals surface area (Å²) in [5.74, 6) is 0.172. The first kappa shape index (κ1) is 13.6. The molecule has 2 atom stereocenters. The number of anilines is 1. The minimum absolute atomic E-state index is 0.0671. The van der Waals surface area contributed by atoms with Crippen LogP contribution in [0.3, 0.4) is 0 Å². The van der Waals surface area contributed by atoms with Gasteiger partial charge in [0.05, 0.1) is 13.0 Å². The van der Waals surface area contributed by atoms with E-state index in [-0.39, 0.29) is 11.9 Å². The van der Waals surface area contributed by atoms with Crippen molar-refractivity contribution in [1.29, 1.82) is 0 Å². The number of carbonyl (C=O) groups excluding carboxylic acids is 1. The molecule has 94 valence electrons. The SMILES string of the molecule is CC[C@H](CC(C)C(=O)OC)c1ccc(N)cc1. The van der Waals surface area contributed by atoms with Gasteiger partial charge in [0.1, 0.15) is 0 Å². The minimum atomic E-state index is -0.140. The highest BCUT2D eigenvalue weighted by atomic mass is 16.5. The van der Waals surface area contributed by atoms with Gasteiger partial charge in [0.25, 0.3) is 0 Å². The first-order valence-corrected chi connectivity index (χ1v) is 6.01. The van der Waals surface area contributed by atoms with Crippen molar-refractivity contribution < 1.29 is 9.53 Å². The summed E-state index contributed by atoms with van der Waals surface area (Å²) in [6, 6.07) is 7.88. The molecule has 17 heavy (non-hydrogen) atoms. The molecule has 1 rings (SSSR count).